The number of nitrogens with one attached hydrogen (secondary N) is 2. The number of nitrogens with zero attached hydrogens (tertiary/aromatic N) is 1. The standard InChI is InChI=1S/C22H29N3O4S/c1-3-25(4-2)30(27,28)21-11-9-20(10-12-21)23-22(26)19-7-5-18(6-8-19)17-24-13-15-29-16-14-24/h5-12H,3-4,13-17H2,1-2H3,(H,23,26)/p+1. The molecule has 1 amide bonds. The van der Waals surface area contributed by atoms with Crippen LogP contribution in [0.5, 0.6) is 0 Å². The van der Waals surface area contributed by atoms with Crippen LogP contribution in [0.1, 0.15) is 29.8 Å². The summed E-state index contributed by atoms with van der Waals surface area (Å²) in [7, 11) is -3.50. The van der Waals surface area contributed by atoms with Crippen molar-refractivity contribution < 1.29 is 22.8 Å². The number of anilines is 1. The van der Waals surface area contributed by atoms with Crippen molar-refractivity contribution in [1.82, 2.24) is 4.31 Å². The van der Waals surface area contributed by atoms with Gasteiger partial charge >= 0.3 is 0 Å². The van der Waals surface area contributed by atoms with Crippen molar-refractivity contribution in [2.45, 2.75) is 25.3 Å². The van der Waals surface area contributed by atoms with Gasteiger partial charge in [-0.25, -0.2) is 8.42 Å². The molecule has 1 aliphatic heterocycles. The summed E-state index contributed by atoms with van der Waals surface area (Å²) in [5, 5.41) is 2.83. The molecule has 8 heteroatoms. The van der Waals surface area contributed by atoms with Gasteiger partial charge in [-0.1, -0.05) is 26.0 Å². The number of sulfonamides is 1. The minimum absolute atomic E-state index is 0.221. The van der Waals surface area contributed by atoms with Crippen molar-refractivity contribution >= 4 is 21.6 Å². The number of carbonyl (C=O) groups is 1. The number of amides is 1. The molecule has 0 radical (unpaired) electrons. The van der Waals surface area contributed by atoms with Gasteiger partial charge in [0.05, 0.1) is 18.1 Å². The highest BCUT2D eigenvalue weighted by atomic mass is 32.2. The molecule has 3 rings (SSSR count). The number of quaternary nitrogens is 1. The molecule has 1 fully saturated rings. The van der Waals surface area contributed by atoms with E-state index in [4.69, 9.17) is 4.74 Å². The lowest BCUT2D eigenvalue weighted by Gasteiger charge is -2.23. The van der Waals surface area contributed by atoms with E-state index in [0.717, 1.165) is 32.8 Å². The Morgan fingerprint density at radius 1 is 1.00 bits per heavy atom. The van der Waals surface area contributed by atoms with E-state index < -0.39 is 10.0 Å². The normalized spacial score (nSPS) is 15.3. The van der Waals surface area contributed by atoms with E-state index in [9.17, 15) is 13.2 Å². The molecule has 0 saturated carbocycles. The van der Waals surface area contributed by atoms with E-state index in [2.05, 4.69) is 5.32 Å². The molecule has 162 valence electrons. The van der Waals surface area contributed by atoms with E-state index in [-0.39, 0.29) is 10.8 Å². The highest BCUT2D eigenvalue weighted by Crippen LogP contribution is 2.19. The summed E-state index contributed by atoms with van der Waals surface area (Å²) in [6.07, 6.45) is 0. The van der Waals surface area contributed by atoms with Crippen molar-refractivity contribution in [1.29, 1.82) is 0 Å². The van der Waals surface area contributed by atoms with Crippen LogP contribution in [0.4, 0.5) is 5.69 Å². The molecule has 1 aliphatic rings. The van der Waals surface area contributed by atoms with Crippen LogP contribution in [0.25, 0.3) is 0 Å². The van der Waals surface area contributed by atoms with Gasteiger partial charge in [0.2, 0.25) is 10.0 Å². The lowest BCUT2D eigenvalue weighted by Crippen LogP contribution is -3.12. The molecule has 0 spiro atoms. The Kier molecular flexibility index (Phi) is 7.60. The summed E-state index contributed by atoms with van der Waals surface area (Å²) < 4.78 is 31.9. The van der Waals surface area contributed by atoms with E-state index in [0.29, 0.717) is 24.3 Å². The summed E-state index contributed by atoms with van der Waals surface area (Å²) in [5.74, 6) is -0.223. The fourth-order valence-corrected chi connectivity index (χ4v) is 4.98. The average Bonchev–Trinajstić information content (AvgIpc) is 2.76. The van der Waals surface area contributed by atoms with Gasteiger partial charge in [-0.3, -0.25) is 4.79 Å². The summed E-state index contributed by atoms with van der Waals surface area (Å²) in [4.78, 5) is 14.2. The first-order chi connectivity index (χ1) is 14.4. The van der Waals surface area contributed by atoms with Gasteiger partial charge in [0.25, 0.3) is 5.91 Å². The molecule has 2 N–H and O–H groups in total. The fourth-order valence-electron chi connectivity index (χ4n) is 3.53. The number of rotatable bonds is 8. The van der Waals surface area contributed by atoms with Crippen LogP contribution in [0.2, 0.25) is 0 Å². The topological polar surface area (TPSA) is 80.2 Å². The Morgan fingerprint density at radius 2 is 1.60 bits per heavy atom. The second kappa shape index (κ2) is 10.2. The van der Waals surface area contributed by atoms with Gasteiger partial charge in [-0.05, 0) is 36.4 Å². The Balaban J connectivity index is 1.61. The Labute approximate surface area is 178 Å². The molecule has 2 aromatic carbocycles. The molecule has 0 aromatic heterocycles. The highest BCUT2D eigenvalue weighted by Gasteiger charge is 2.21. The van der Waals surface area contributed by atoms with Gasteiger partial charge in [0, 0.05) is 29.9 Å². The van der Waals surface area contributed by atoms with Crippen LogP contribution in [0, 0.1) is 0 Å². The Bertz CT molecular complexity index is 933. The number of morpholine rings is 1. The monoisotopic (exact) mass is 432 g/mol. The summed E-state index contributed by atoms with van der Waals surface area (Å²) in [6.45, 7) is 8.97. The fraction of sp³-hybridized carbons (Fsp3) is 0.409. The molecule has 7 nitrogen and oxygen atoms in total. The van der Waals surface area contributed by atoms with Crippen LogP contribution >= 0.6 is 0 Å². The zero-order chi connectivity index (χ0) is 21.6. The molecular weight excluding hydrogens is 402 g/mol. The third-order valence-corrected chi connectivity index (χ3v) is 7.39. The third-order valence-electron chi connectivity index (χ3n) is 5.33. The van der Waals surface area contributed by atoms with Crippen LogP contribution in [0.15, 0.2) is 53.4 Å². The lowest BCUT2D eigenvalue weighted by atomic mass is 10.1. The van der Waals surface area contributed by atoms with Gasteiger partial charge in [-0.2, -0.15) is 4.31 Å². The van der Waals surface area contributed by atoms with Gasteiger partial charge in [-0.15, -0.1) is 0 Å². The zero-order valence-electron chi connectivity index (χ0n) is 17.6. The van der Waals surface area contributed by atoms with E-state index in [1.807, 2.05) is 38.1 Å². The molecule has 1 saturated heterocycles. The Morgan fingerprint density at radius 3 is 2.17 bits per heavy atom. The summed E-state index contributed by atoms with van der Waals surface area (Å²) in [5.41, 5.74) is 2.31. The minimum Gasteiger partial charge on any atom is -0.370 e. The maximum absolute atomic E-state index is 12.6. The average molecular weight is 433 g/mol. The second-order valence-electron chi connectivity index (χ2n) is 7.30. The first-order valence-electron chi connectivity index (χ1n) is 10.4. The van der Waals surface area contributed by atoms with Crippen LogP contribution in [0.3, 0.4) is 0 Å². The van der Waals surface area contributed by atoms with E-state index in [1.165, 1.54) is 26.9 Å². The van der Waals surface area contributed by atoms with E-state index >= 15 is 0 Å². The molecule has 2 aromatic rings. The smallest absolute Gasteiger partial charge is 0.255 e. The maximum atomic E-state index is 12.6. The van der Waals surface area contributed by atoms with Crippen molar-refractivity contribution in [3.05, 3.63) is 59.7 Å². The largest absolute Gasteiger partial charge is 0.370 e. The van der Waals surface area contributed by atoms with Crippen molar-refractivity contribution in [3.8, 4) is 0 Å². The molecule has 30 heavy (non-hydrogen) atoms. The minimum atomic E-state index is -3.50. The quantitative estimate of drug-likeness (QED) is 0.661. The number of carbonyl (C=O) groups excluding carboxylic acids is 1. The molecule has 0 atom stereocenters. The van der Waals surface area contributed by atoms with Crippen LogP contribution in [-0.4, -0.2) is 58.0 Å². The van der Waals surface area contributed by atoms with Crippen molar-refractivity contribution in [2.75, 3.05) is 44.7 Å². The van der Waals surface area contributed by atoms with Gasteiger partial charge < -0.3 is 15.0 Å². The van der Waals surface area contributed by atoms with Gasteiger partial charge in [0.1, 0.15) is 19.6 Å². The predicted molar refractivity (Wildman–Crippen MR) is 116 cm³/mol. The number of hydrogen-bond acceptors (Lipinski definition) is 4. The SMILES string of the molecule is CCN(CC)S(=O)(=O)c1ccc(NC(=O)c2ccc(C[NH+]3CCOCC3)cc2)cc1. The highest BCUT2D eigenvalue weighted by molar-refractivity contribution is 7.89. The zero-order valence-corrected chi connectivity index (χ0v) is 18.4. The first kappa shape index (κ1) is 22.4. The molecule has 0 bridgehead atoms. The van der Waals surface area contributed by atoms with E-state index in [1.54, 1.807) is 12.1 Å². The summed E-state index contributed by atoms with van der Waals surface area (Å²) in [6, 6.07) is 13.9. The first-order valence-corrected chi connectivity index (χ1v) is 11.8. The number of ether oxygens (including phenoxy) is 1. The molecular formula is C22H30N3O4S+. The molecule has 0 unspecified atom stereocenters. The van der Waals surface area contributed by atoms with Crippen LogP contribution in [-0.2, 0) is 21.3 Å². The number of hydrogen-bond donors (Lipinski definition) is 2. The summed E-state index contributed by atoms with van der Waals surface area (Å²) >= 11 is 0. The number of benzene rings is 2. The van der Waals surface area contributed by atoms with Gasteiger partial charge in [0.15, 0.2) is 0 Å². The third kappa shape index (κ3) is 5.46. The van der Waals surface area contributed by atoms with Crippen molar-refractivity contribution in [3.63, 3.8) is 0 Å². The molecule has 0 aliphatic carbocycles. The maximum Gasteiger partial charge on any atom is 0.255 e. The van der Waals surface area contributed by atoms with Crippen LogP contribution < -0.4 is 10.2 Å². The second-order valence-corrected chi connectivity index (χ2v) is 9.24. The van der Waals surface area contributed by atoms with Crippen molar-refractivity contribution in [2.24, 2.45) is 0 Å². The predicted octanol–water partition coefficient (Wildman–Crippen LogP) is 1.38. The lowest BCUT2D eigenvalue weighted by molar-refractivity contribution is -0.921. The molecule has 1 heterocycles. The Hall–Kier alpha value is -2.26.